The van der Waals surface area contributed by atoms with E-state index in [1.54, 1.807) is 24.5 Å². The molecule has 0 saturated carbocycles. The zero-order chi connectivity index (χ0) is 22.2. The molecule has 0 spiro atoms. The van der Waals surface area contributed by atoms with Gasteiger partial charge in [0.2, 0.25) is 5.95 Å². The molecule has 162 valence electrons. The third kappa shape index (κ3) is 3.75. The van der Waals surface area contributed by atoms with Gasteiger partial charge in [-0.2, -0.15) is 9.78 Å². The first kappa shape index (κ1) is 20.0. The SMILES string of the molecule is Cc1cc(C)cc(C(=O)Nc2cc(-c3ccco3)nn2-c2nc3c(c(=O)[nH]2)CCCC3)c1. The van der Waals surface area contributed by atoms with Crippen LogP contribution in [0.3, 0.4) is 0 Å². The first-order valence-corrected chi connectivity index (χ1v) is 10.6. The summed E-state index contributed by atoms with van der Waals surface area (Å²) in [5.74, 6) is 0.929. The number of aromatic nitrogens is 4. The number of anilines is 1. The Balaban J connectivity index is 1.59. The topological polar surface area (TPSA) is 106 Å². The highest BCUT2D eigenvalue weighted by Gasteiger charge is 2.21. The number of rotatable bonds is 4. The summed E-state index contributed by atoms with van der Waals surface area (Å²) in [5, 5.41) is 7.49. The van der Waals surface area contributed by atoms with Crippen LogP contribution in [0.15, 0.2) is 51.9 Å². The van der Waals surface area contributed by atoms with Crippen LogP contribution in [-0.4, -0.2) is 25.7 Å². The lowest BCUT2D eigenvalue weighted by Crippen LogP contribution is -2.24. The Hall–Kier alpha value is -3.94. The molecule has 3 heterocycles. The molecule has 0 bridgehead atoms. The van der Waals surface area contributed by atoms with Gasteiger partial charge in [0.1, 0.15) is 11.5 Å². The number of hydrogen-bond acceptors (Lipinski definition) is 5. The van der Waals surface area contributed by atoms with Crippen molar-refractivity contribution < 1.29 is 9.21 Å². The van der Waals surface area contributed by atoms with Crippen LogP contribution >= 0.6 is 0 Å². The first-order valence-electron chi connectivity index (χ1n) is 10.6. The van der Waals surface area contributed by atoms with Crippen molar-refractivity contribution in [1.29, 1.82) is 0 Å². The molecule has 2 N–H and O–H groups in total. The lowest BCUT2D eigenvalue weighted by molar-refractivity contribution is 0.102. The number of nitrogens with zero attached hydrogens (tertiary/aromatic N) is 3. The van der Waals surface area contributed by atoms with E-state index in [1.165, 1.54) is 4.68 Å². The zero-order valence-electron chi connectivity index (χ0n) is 17.9. The maximum absolute atomic E-state index is 13.0. The molecule has 0 atom stereocenters. The number of furan rings is 1. The summed E-state index contributed by atoms with van der Waals surface area (Å²) in [6.45, 7) is 3.90. The van der Waals surface area contributed by atoms with Gasteiger partial charge in [0.05, 0.1) is 12.0 Å². The highest BCUT2D eigenvalue weighted by atomic mass is 16.3. The molecule has 8 nitrogen and oxygen atoms in total. The predicted octanol–water partition coefficient (Wildman–Crippen LogP) is 3.96. The lowest BCUT2D eigenvalue weighted by Gasteiger charge is -2.15. The van der Waals surface area contributed by atoms with Crippen LogP contribution in [-0.2, 0) is 12.8 Å². The number of fused-ring (bicyclic) bond motifs is 1. The van der Waals surface area contributed by atoms with E-state index in [2.05, 4.69) is 20.4 Å². The van der Waals surface area contributed by atoms with Crippen LogP contribution < -0.4 is 10.9 Å². The molecule has 1 aromatic carbocycles. The average molecular weight is 429 g/mol. The van der Waals surface area contributed by atoms with E-state index in [0.29, 0.717) is 22.8 Å². The van der Waals surface area contributed by atoms with E-state index in [0.717, 1.165) is 48.1 Å². The van der Waals surface area contributed by atoms with E-state index in [9.17, 15) is 9.59 Å². The molecule has 32 heavy (non-hydrogen) atoms. The molecule has 1 aliphatic rings. The number of aryl methyl sites for hydroxylation is 3. The molecule has 1 amide bonds. The second-order valence-electron chi connectivity index (χ2n) is 8.16. The fourth-order valence-corrected chi connectivity index (χ4v) is 4.16. The summed E-state index contributed by atoms with van der Waals surface area (Å²) in [6, 6.07) is 10.9. The molecular formula is C24H23N5O3. The molecule has 0 fully saturated rings. The van der Waals surface area contributed by atoms with Crippen LogP contribution in [0.1, 0.15) is 45.6 Å². The van der Waals surface area contributed by atoms with Crippen LogP contribution in [0.5, 0.6) is 0 Å². The Kier molecular flexibility index (Phi) is 4.97. The fraction of sp³-hybridized carbons (Fsp3) is 0.250. The number of benzene rings is 1. The molecule has 0 radical (unpaired) electrons. The van der Waals surface area contributed by atoms with Gasteiger partial charge in [0, 0.05) is 17.2 Å². The highest BCUT2D eigenvalue weighted by Crippen LogP contribution is 2.25. The molecule has 4 aromatic rings. The molecule has 8 heteroatoms. The van der Waals surface area contributed by atoms with Crippen LogP contribution in [0.2, 0.25) is 0 Å². The van der Waals surface area contributed by atoms with Crippen molar-refractivity contribution in [2.24, 2.45) is 0 Å². The van der Waals surface area contributed by atoms with Crippen molar-refractivity contribution in [3.05, 3.63) is 81.0 Å². The Morgan fingerprint density at radius 1 is 1.12 bits per heavy atom. The highest BCUT2D eigenvalue weighted by molar-refractivity contribution is 6.04. The quantitative estimate of drug-likeness (QED) is 0.511. The van der Waals surface area contributed by atoms with Crippen LogP contribution in [0, 0.1) is 13.8 Å². The largest absolute Gasteiger partial charge is 0.463 e. The van der Waals surface area contributed by atoms with Gasteiger partial charge in [-0.15, -0.1) is 0 Å². The third-order valence-corrected chi connectivity index (χ3v) is 5.59. The summed E-state index contributed by atoms with van der Waals surface area (Å²) in [5.41, 5.74) is 4.43. The summed E-state index contributed by atoms with van der Waals surface area (Å²) < 4.78 is 6.93. The number of aromatic amines is 1. The number of amides is 1. The number of H-pyrrole nitrogens is 1. The van der Waals surface area contributed by atoms with Gasteiger partial charge in [0.25, 0.3) is 11.5 Å². The summed E-state index contributed by atoms with van der Waals surface area (Å²) in [7, 11) is 0. The molecule has 1 aliphatic carbocycles. The fourth-order valence-electron chi connectivity index (χ4n) is 4.16. The monoisotopic (exact) mass is 429 g/mol. The Labute approximate surface area is 184 Å². The average Bonchev–Trinajstić information content (AvgIpc) is 3.43. The minimum atomic E-state index is -0.274. The molecule has 0 unspecified atom stereocenters. The summed E-state index contributed by atoms with van der Waals surface area (Å²) >= 11 is 0. The van der Waals surface area contributed by atoms with Crippen molar-refractivity contribution >= 4 is 11.7 Å². The first-order chi connectivity index (χ1) is 15.5. The maximum Gasteiger partial charge on any atom is 0.256 e. The number of carbonyl (C=O) groups is 1. The predicted molar refractivity (Wildman–Crippen MR) is 120 cm³/mol. The van der Waals surface area contributed by atoms with Crippen molar-refractivity contribution in [3.63, 3.8) is 0 Å². The normalized spacial score (nSPS) is 13.1. The molecule has 0 aliphatic heterocycles. The van der Waals surface area contributed by atoms with Gasteiger partial charge in [0.15, 0.2) is 5.76 Å². The van der Waals surface area contributed by atoms with Gasteiger partial charge < -0.3 is 9.73 Å². The molecule has 0 saturated heterocycles. The maximum atomic E-state index is 13.0. The van der Waals surface area contributed by atoms with Crippen LogP contribution in [0.4, 0.5) is 5.82 Å². The second kappa shape index (κ2) is 7.96. The van der Waals surface area contributed by atoms with Crippen molar-refractivity contribution in [2.75, 3.05) is 5.32 Å². The molecule has 3 aromatic heterocycles. The minimum Gasteiger partial charge on any atom is -0.463 e. The van der Waals surface area contributed by atoms with Gasteiger partial charge >= 0.3 is 0 Å². The van der Waals surface area contributed by atoms with Crippen LogP contribution in [0.25, 0.3) is 17.4 Å². The Morgan fingerprint density at radius 3 is 2.66 bits per heavy atom. The molecular weight excluding hydrogens is 406 g/mol. The lowest BCUT2D eigenvalue weighted by atomic mass is 9.97. The second-order valence-corrected chi connectivity index (χ2v) is 8.16. The number of hydrogen-bond donors (Lipinski definition) is 2. The van der Waals surface area contributed by atoms with E-state index >= 15 is 0 Å². The van der Waals surface area contributed by atoms with Crippen molar-refractivity contribution in [3.8, 4) is 17.4 Å². The Morgan fingerprint density at radius 2 is 1.91 bits per heavy atom. The third-order valence-electron chi connectivity index (χ3n) is 5.59. The van der Waals surface area contributed by atoms with Crippen molar-refractivity contribution in [2.45, 2.75) is 39.5 Å². The Bertz CT molecular complexity index is 1340. The zero-order valence-corrected chi connectivity index (χ0v) is 17.9. The minimum absolute atomic E-state index is 0.161. The van der Waals surface area contributed by atoms with E-state index in [-0.39, 0.29) is 17.4 Å². The van der Waals surface area contributed by atoms with E-state index in [1.807, 2.05) is 32.0 Å². The molecule has 5 rings (SSSR count). The van der Waals surface area contributed by atoms with Gasteiger partial charge in [-0.3, -0.25) is 14.6 Å². The summed E-state index contributed by atoms with van der Waals surface area (Å²) in [4.78, 5) is 33.2. The van der Waals surface area contributed by atoms with E-state index in [4.69, 9.17) is 4.42 Å². The van der Waals surface area contributed by atoms with E-state index < -0.39 is 0 Å². The van der Waals surface area contributed by atoms with Crippen molar-refractivity contribution in [1.82, 2.24) is 19.7 Å². The smallest absolute Gasteiger partial charge is 0.256 e. The number of nitrogens with one attached hydrogen (secondary N) is 2. The van der Waals surface area contributed by atoms with Gasteiger partial charge in [-0.25, -0.2) is 4.98 Å². The van der Waals surface area contributed by atoms with Gasteiger partial charge in [-0.05, 0) is 63.8 Å². The standard InChI is InChI=1S/C24H23N5O3/c1-14-10-15(2)12-16(11-14)22(30)26-21-13-19(20-8-5-9-32-20)28-29(21)24-25-18-7-4-3-6-17(18)23(31)27-24/h5,8-13H,3-4,6-7H2,1-2H3,(H,26,30)(H,25,27,31). The number of carbonyl (C=O) groups excluding carboxylic acids is 1. The van der Waals surface area contributed by atoms with Gasteiger partial charge in [-0.1, -0.05) is 17.2 Å². The summed E-state index contributed by atoms with van der Waals surface area (Å²) in [6.07, 6.45) is 5.02.